The summed E-state index contributed by atoms with van der Waals surface area (Å²) in [5, 5.41) is 8.78. The van der Waals surface area contributed by atoms with Gasteiger partial charge in [0.1, 0.15) is 0 Å². The lowest BCUT2D eigenvalue weighted by Crippen LogP contribution is -2.22. The number of rotatable bonds is 1. The fourth-order valence-corrected chi connectivity index (χ4v) is 3.00. The second-order valence-corrected chi connectivity index (χ2v) is 5.31. The van der Waals surface area contributed by atoms with Crippen molar-refractivity contribution >= 4 is 17.4 Å². The Morgan fingerprint density at radius 2 is 2.05 bits per heavy atom. The number of hydrogen-bond donors (Lipinski definition) is 0. The van der Waals surface area contributed by atoms with Crippen LogP contribution in [-0.2, 0) is 6.42 Å². The summed E-state index contributed by atoms with van der Waals surface area (Å²) >= 11 is 6.22. The van der Waals surface area contributed by atoms with E-state index in [2.05, 4.69) is 10.2 Å². The van der Waals surface area contributed by atoms with Crippen LogP contribution in [0.15, 0.2) is 30.5 Å². The number of carbonyl (C=O) groups is 1. The van der Waals surface area contributed by atoms with Gasteiger partial charge in [-0.15, -0.1) is 0 Å². The lowest BCUT2D eigenvalue weighted by Gasteiger charge is -2.24. The molecule has 1 unspecified atom stereocenters. The van der Waals surface area contributed by atoms with Gasteiger partial charge in [-0.3, -0.25) is 4.79 Å². The minimum absolute atomic E-state index is 0.102. The van der Waals surface area contributed by atoms with Crippen molar-refractivity contribution in [1.29, 1.82) is 0 Å². The van der Waals surface area contributed by atoms with Crippen molar-refractivity contribution in [1.82, 2.24) is 10.2 Å². The van der Waals surface area contributed by atoms with Crippen LogP contribution in [0.4, 0.5) is 0 Å². The van der Waals surface area contributed by atoms with E-state index in [1.807, 2.05) is 31.2 Å². The van der Waals surface area contributed by atoms with Crippen LogP contribution >= 0.6 is 11.6 Å². The standard InChI is InChI=1S/C15H13ClN2O/c1-9-8-17-18-13-6-10(7-14(19)15(9)13)11-4-2-3-5-12(11)16/h2-5,8,10H,6-7H2,1H3. The smallest absolute Gasteiger partial charge is 0.165 e. The zero-order valence-electron chi connectivity index (χ0n) is 10.6. The molecule has 1 atom stereocenters. The summed E-state index contributed by atoms with van der Waals surface area (Å²) in [6.45, 7) is 1.90. The zero-order valence-corrected chi connectivity index (χ0v) is 11.3. The molecule has 0 amide bonds. The molecule has 1 aliphatic carbocycles. The molecule has 0 N–H and O–H groups in total. The minimum Gasteiger partial charge on any atom is -0.294 e. The van der Waals surface area contributed by atoms with Gasteiger partial charge in [-0.1, -0.05) is 29.8 Å². The lowest BCUT2D eigenvalue weighted by atomic mass is 9.81. The van der Waals surface area contributed by atoms with Gasteiger partial charge >= 0.3 is 0 Å². The molecule has 0 bridgehead atoms. The van der Waals surface area contributed by atoms with E-state index in [9.17, 15) is 4.79 Å². The van der Waals surface area contributed by atoms with Crippen molar-refractivity contribution in [3.8, 4) is 0 Å². The molecule has 19 heavy (non-hydrogen) atoms. The van der Waals surface area contributed by atoms with E-state index >= 15 is 0 Å². The molecule has 0 saturated carbocycles. The molecule has 2 aromatic rings. The molecule has 3 nitrogen and oxygen atoms in total. The van der Waals surface area contributed by atoms with Gasteiger partial charge in [-0.25, -0.2) is 0 Å². The highest BCUT2D eigenvalue weighted by molar-refractivity contribution is 6.31. The summed E-state index contributed by atoms with van der Waals surface area (Å²) in [6, 6.07) is 7.69. The van der Waals surface area contributed by atoms with Gasteiger partial charge in [-0.2, -0.15) is 10.2 Å². The Hall–Kier alpha value is -1.74. The maximum Gasteiger partial charge on any atom is 0.165 e. The topological polar surface area (TPSA) is 42.9 Å². The summed E-state index contributed by atoms with van der Waals surface area (Å²) in [5.74, 6) is 0.239. The van der Waals surface area contributed by atoms with E-state index in [1.165, 1.54) is 0 Å². The fraction of sp³-hybridized carbons (Fsp3) is 0.267. The van der Waals surface area contributed by atoms with Gasteiger partial charge in [0.2, 0.25) is 0 Å². The van der Waals surface area contributed by atoms with Crippen molar-refractivity contribution in [2.45, 2.75) is 25.7 Å². The van der Waals surface area contributed by atoms with E-state index in [-0.39, 0.29) is 11.7 Å². The molecule has 0 radical (unpaired) electrons. The Kier molecular flexibility index (Phi) is 3.07. The Bertz CT molecular complexity index is 654. The van der Waals surface area contributed by atoms with Gasteiger partial charge in [0.05, 0.1) is 11.9 Å². The van der Waals surface area contributed by atoms with Crippen molar-refractivity contribution in [3.63, 3.8) is 0 Å². The maximum atomic E-state index is 12.3. The first-order valence-electron chi connectivity index (χ1n) is 6.25. The molecule has 1 aliphatic rings. The van der Waals surface area contributed by atoms with Gasteiger partial charge in [-0.05, 0) is 36.5 Å². The first kappa shape index (κ1) is 12.3. The Morgan fingerprint density at radius 3 is 2.84 bits per heavy atom. The van der Waals surface area contributed by atoms with Gasteiger partial charge in [0.25, 0.3) is 0 Å². The van der Waals surface area contributed by atoms with E-state index in [0.717, 1.165) is 28.8 Å². The number of nitrogens with zero attached hydrogens (tertiary/aromatic N) is 2. The predicted octanol–water partition coefficient (Wildman–Crippen LogP) is 3.35. The fourth-order valence-electron chi connectivity index (χ4n) is 2.71. The van der Waals surface area contributed by atoms with Crippen molar-refractivity contribution < 1.29 is 4.79 Å². The van der Waals surface area contributed by atoms with Crippen LogP contribution in [0.3, 0.4) is 0 Å². The highest BCUT2D eigenvalue weighted by Crippen LogP contribution is 2.35. The zero-order chi connectivity index (χ0) is 13.4. The Labute approximate surface area is 116 Å². The quantitative estimate of drug-likeness (QED) is 0.799. The number of Topliss-reactive ketones (excluding diaryl/α,β-unsaturated/α-hetero) is 1. The van der Waals surface area contributed by atoms with Gasteiger partial charge in [0.15, 0.2) is 5.78 Å². The Morgan fingerprint density at radius 1 is 1.26 bits per heavy atom. The third kappa shape index (κ3) is 2.15. The molecule has 1 aromatic heterocycles. The molecule has 0 fully saturated rings. The number of ketones is 1. The number of halogens is 1. The number of fused-ring (bicyclic) bond motifs is 1. The first-order valence-corrected chi connectivity index (χ1v) is 6.63. The monoisotopic (exact) mass is 272 g/mol. The summed E-state index contributed by atoms with van der Waals surface area (Å²) in [4.78, 5) is 12.3. The molecule has 4 heteroatoms. The van der Waals surface area contributed by atoms with E-state index < -0.39 is 0 Å². The molecular formula is C15H13ClN2O. The molecular weight excluding hydrogens is 260 g/mol. The average molecular weight is 273 g/mol. The molecule has 1 aromatic carbocycles. The van der Waals surface area contributed by atoms with Gasteiger partial charge < -0.3 is 0 Å². The highest BCUT2D eigenvalue weighted by atomic mass is 35.5. The van der Waals surface area contributed by atoms with Gasteiger partial charge in [0, 0.05) is 17.0 Å². The van der Waals surface area contributed by atoms with Crippen LogP contribution in [-0.4, -0.2) is 16.0 Å². The number of carbonyl (C=O) groups excluding carboxylic acids is 1. The van der Waals surface area contributed by atoms with E-state index in [1.54, 1.807) is 6.20 Å². The van der Waals surface area contributed by atoms with Crippen molar-refractivity contribution in [3.05, 3.63) is 57.9 Å². The SMILES string of the molecule is Cc1cnnc2c1C(=O)CC(c1ccccc1Cl)C2. The van der Waals surface area contributed by atoms with Crippen LogP contribution in [0, 0.1) is 6.92 Å². The molecule has 0 spiro atoms. The van der Waals surface area contributed by atoms with E-state index in [0.29, 0.717) is 11.4 Å². The summed E-state index contributed by atoms with van der Waals surface area (Å²) in [6.07, 6.45) is 2.86. The molecule has 0 saturated heterocycles. The molecule has 3 rings (SSSR count). The second kappa shape index (κ2) is 4.74. The molecule has 1 heterocycles. The minimum atomic E-state index is 0.102. The number of aryl methyl sites for hydroxylation is 1. The second-order valence-electron chi connectivity index (χ2n) is 4.90. The van der Waals surface area contributed by atoms with Crippen LogP contribution < -0.4 is 0 Å². The van der Waals surface area contributed by atoms with Crippen LogP contribution in [0.1, 0.15) is 39.5 Å². The first-order chi connectivity index (χ1) is 9.16. The van der Waals surface area contributed by atoms with Crippen LogP contribution in [0.5, 0.6) is 0 Å². The van der Waals surface area contributed by atoms with Crippen LogP contribution in [0.2, 0.25) is 5.02 Å². The third-order valence-electron chi connectivity index (χ3n) is 3.61. The number of hydrogen-bond acceptors (Lipinski definition) is 3. The molecule has 96 valence electrons. The van der Waals surface area contributed by atoms with Crippen LogP contribution in [0.25, 0.3) is 0 Å². The van der Waals surface area contributed by atoms with E-state index in [4.69, 9.17) is 11.6 Å². The summed E-state index contributed by atoms with van der Waals surface area (Å²) in [7, 11) is 0. The lowest BCUT2D eigenvalue weighted by molar-refractivity contribution is 0.0962. The largest absolute Gasteiger partial charge is 0.294 e. The number of aromatic nitrogens is 2. The van der Waals surface area contributed by atoms with Crippen molar-refractivity contribution in [2.24, 2.45) is 0 Å². The highest BCUT2D eigenvalue weighted by Gasteiger charge is 2.29. The predicted molar refractivity (Wildman–Crippen MR) is 73.6 cm³/mol. The third-order valence-corrected chi connectivity index (χ3v) is 3.95. The summed E-state index contributed by atoms with van der Waals surface area (Å²) in [5.41, 5.74) is 3.47. The average Bonchev–Trinajstić information content (AvgIpc) is 2.39. The summed E-state index contributed by atoms with van der Waals surface area (Å²) < 4.78 is 0. The number of benzene rings is 1. The molecule has 0 aliphatic heterocycles. The Balaban J connectivity index is 2.03. The maximum absolute atomic E-state index is 12.3. The normalized spacial score (nSPS) is 18.2. The van der Waals surface area contributed by atoms with Crippen molar-refractivity contribution in [2.75, 3.05) is 0 Å².